The lowest BCUT2D eigenvalue weighted by atomic mass is 10.0. The molecule has 0 spiro atoms. The van der Waals surface area contributed by atoms with Gasteiger partial charge in [-0.05, 0) is 12.1 Å². The highest BCUT2D eigenvalue weighted by Crippen LogP contribution is 2.24. The Balaban J connectivity index is 2.62. The monoisotopic (exact) mass is 205 g/mol. The Labute approximate surface area is 86.6 Å². The molecule has 0 aliphatic rings. The molecule has 14 heavy (non-hydrogen) atoms. The van der Waals surface area contributed by atoms with E-state index in [0.29, 0.717) is 0 Å². The number of Topliss-reactive ketones (excluding diaryl/α,β-unsaturated/α-hetero) is 1. The van der Waals surface area contributed by atoms with Gasteiger partial charge in [-0.2, -0.15) is 0 Å². The predicted molar refractivity (Wildman–Crippen MR) is 58.8 cm³/mol. The number of ketones is 1. The third kappa shape index (κ3) is 1.44. The second-order valence-corrected chi connectivity index (χ2v) is 4.38. The summed E-state index contributed by atoms with van der Waals surface area (Å²) < 4.78 is 1.01. The zero-order valence-corrected chi connectivity index (χ0v) is 8.97. The molecule has 0 aliphatic carbocycles. The molecule has 2 aromatic rings. The molecule has 0 N–H and O–H groups in total. The first-order chi connectivity index (χ1) is 6.70. The molecule has 2 nitrogen and oxygen atoms in total. The van der Waals surface area contributed by atoms with Crippen LogP contribution in [0.2, 0.25) is 0 Å². The van der Waals surface area contributed by atoms with Crippen molar-refractivity contribution in [3.8, 4) is 0 Å². The molecule has 1 heterocycles. The van der Waals surface area contributed by atoms with Crippen LogP contribution in [0.3, 0.4) is 0 Å². The number of thiazole rings is 1. The highest BCUT2D eigenvalue weighted by atomic mass is 32.1. The van der Waals surface area contributed by atoms with Crippen LogP contribution in [0.4, 0.5) is 0 Å². The summed E-state index contributed by atoms with van der Waals surface area (Å²) in [6.07, 6.45) is 0. The highest BCUT2D eigenvalue weighted by molar-refractivity contribution is 7.17. The molecule has 1 aromatic carbocycles. The van der Waals surface area contributed by atoms with E-state index in [2.05, 4.69) is 4.98 Å². The van der Waals surface area contributed by atoms with Crippen molar-refractivity contribution in [2.75, 3.05) is 0 Å². The highest BCUT2D eigenvalue weighted by Gasteiger charge is 2.14. The molecule has 2 rings (SSSR count). The summed E-state index contributed by atoms with van der Waals surface area (Å²) in [6.45, 7) is 3.84. The number of nitrogens with zero attached hydrogens (tertiary/aromatic N) is 1. The van der Waals surface area contributed by atoms with Gasteiger partial charge in [0.05, 0.1) is 15.7 Å². The van der Waals surface area contributed by atoms with Crippen molar-refractivity contribution in [1.82, 2.24) is 4.98 Å². The number of carbonyl (C=O) groups excluding carboxylic acids is 1. The maximum absolute atomic E-state index is 11.8. The van der Waals surface area contributed by atoms with E-state index in [1.165, 1.54) is 11.3 Å². The lowest BCUT2D eigenvalue weighted by molar-refractivity contribution is 0.0941. The summed E-state index contributed by atoms with van der Waals surface area (Å²) in [4.78, 5) is 16.0. The standard InChI is InChI=1S/C11H11NOS/c1-7(2)10(13)8-4-3-5-9-11(8)14-6-12-9/h3-7H,1-2H3. The zero-order chi connectivity index (χ0) is 10.1. The minimum Gasteiger partial charge on any atom is -0.294 e. The van der Waals surface area contributed by atoms with Crippen LogP contribution in [0.1, 0.15) is 24.2 Å². The largest absolute Gasteiger partial charge is 0.294 e. The van der Waals surface area contributed by atoms with Crippen LogP contribution in [0.25, 0.3) is 10.2 Å². The number of rotatable bonds is 2. The Morgan fingerprint density at radius 1 is 1.43 bits per heavy atom. The van der Waals surface area contributed by atoms with Gasteiger partial charge in [0.25, 0.3) is 0 Å². The minimum absolute atomic E-state index is 0.0442. The van der Waals surface area contributed by atoms with Crippen molar-refractivity contribution in [1.29, 1.82) is 0 Å². The van der Waals surface area contributed by atoms with E-state index >= 15 is 0 Å². The molecule has 0 atom stereocenters. The predicted octanol–water partition coefficient (Wildman–Crippen LogP) is 3.14. The van der Waals surface area contributed by atoms with E-state index < -0.39 is 0 Å². The first-order valence-electron chi connectivity index (χ1n) is 4.56. The van der Waals surface area contributed by atoms with E-state index in [0.717, 1.165) is 15.8 Å². The molecule has 72 valence electrons. The molecule has 0 amide bonds. The minimum atomic E-state index is 0.0442. The Morgan fingerprint density at radius 3 is 2.93 bits per heavy atom. The molecule has 3 heteroatoms. The van der Waals surface area contributed by atoms with Gasteiger partial charge in [0.1, 0.15) is 0 Å². The number of benzene rings is 1. The molecule has 1 aromatic heterocycles. The molecule has 0 fully saturated rings. The average molecular weight is 205 g/mol. The first-order valence-corrected chi connectivity index (χ1v) is 5.44. The molecule has 0 saturated heterocycles. The quantitative estimate of drug-likeness (QED) is 0.705. The van der Waals surface area contributed by atoms with E-state index in [-0.39, 0.29) is 11.7 Å². The number of fused-ring (bicyclic) bond motifs is 1. The van der Waals surface area contributed by atoms with Crippen molar-refractivity contribution in [2.45, 2.75) is 13.8 Å². The van der Waals surface area contributed by atoms with Gasteiger partial charge in [0, 0.05) is 11.5 Å². The number of hydrogen-bond donors (Lipinski definition) is 0. The number of aromatic nitrogens is 1. The third-order valence-electron chi connectivity index (χ3n) is 2.15. The van der Waals surface area contributed by atoms with Crippen molar-refractivity contribution in [3.63, 3.8) is 0 Å². The fraction of sp³-hybridized carbons (Fsp3) is 0.273. The molecule has 0 bridgehead atoms. The van der Waals surface area contributed by atoms with Gasteiger partial charge in [0.2, 0.25) is 0 Å². The zero-order valence-electron chi connectivity index (χ0n) is 8.15. The summed E-state index contributed by atoms with van der Waals surface area (Å²) in [5, 5.41) is 0. The van der Waals surface area contributed by atoms with Crippen LogP contribution >= 0.6 is 11.3 Å². The maximum atomic E-state index is 11.8. The fourth-order valence-corrected chi connectivity index (χ4v) is 2.20. The normalized spacial score (nSPS) is 11.1. The SMILES string of the molecule is CC(C)C(=O)c1cccc2ncsc12. The molecule has 0 aliphatic heterocycles. The lowest BCUT2D eigenvalue weighted by Crippen LogP contribution is -2.07. The van der Waals surface area contributed by atoms with Gasteiger partial charge in [-0.25, -0.2) is 4.98 Å². The van der Waals surface area contributed by atoms with Crippen LogP contribution in [0, 0.1) is 5.92 Å². The topological polar surface area (TPSA) is 30.0 Å². The van der Waals surface area contributed by atoms with Crippen LogP contribution < -0.4 is 0 Å². The lowest BCUT2D eigenvalue weighted by Gasteiger charge is -2.04. The van der Waals surface area contributed by atoms with Gasteiger partial charge in [-0.15, -0.1) is 11.3 Å². The Hall–Kier alpha value is -1.22. The van der Waals surface area contributed by atoms with E-state index in [4.69, 9.17) is 0 Å². The summed E-state index contributed by atoms with van der Waals surface area (Å²) in [7, 11) is 0. The Bertz CT molecular complexity index is 473. The number of carbonyl (C=O) groups is 1. The maximum Gasteiger partial charge on any atom is 0.166 e. The third-order valence-corrected chi connectivity index (χ3v) is 3.02. The first kappa shape index (κ1) is 9.34. The van der Waals surface area contributed by atoms with Crippen LogP contribution in [0.5, 0.6) is 0 Å². The molecular formula is C11H11NOS. The fourth-order valence-electron chi connectivity index (χ4n) is 1.39. The smallest absolute Gasteiger partial charge is 0.166 e. The second-order valence-electron chi connectivity index (χ2n) is 3.53. The van der Waals surface area contributed by atoms with E-state index in [9.17, 15) is 4.79 Å². The van der Waals surface area contributed by atoms with Crippen LogP contribution in [-0.2, 0) is 0 Å². The summed E-state index contributed by atoms with van der Waals surface area (Å²) in [5.74, 6) is 0.238. The molecule has 0 radical (unpaired) electrons. The van der Waals surface area contributed by atoms with Crippen molar-refractivity contribution >= 4 is 27.3 Å². The van der Waals surface area contributed by atoms with Crippen LogP contribution in [0.15, 0.2) is 23.7 Å². The average Bonchev–Trinajstić information content (AvgIpc) is 2.63. The molecule has 0 saturated carbocycles. The summed E-state index contributed by atoms with van der Waals surface area (Å²) >= 11 is 1.53. The molecule has 0 unspecified atom stereocenters. The second kappa shape index (κ2) is 3.50. The summed E-state index contributed by atoms with van der Waals surface area (Å²) in [6, 6.07) is 5.70. The molecular weight excluding hydrogens is 194 g/mol. The van der Waals surface area contributed by atoms with E-state index in [1.54, 1.807) is 5.51 Å². The summed E-state index contributed by atoms with van der Waals surface area (Å²) in [5.41, 5.74) is 3.50. The van der Waals surface area contributed by atoms with Gasteiger partial charge < -0.3 is 0 Å². The van der Waals surface area contributed by atoms with Crippen LogP contribution in [-0.4, -0.2) is 10.8 Å². The van der Waals surface area contributed by atoms with Gasteiger partial charge in [-0.3, -0.25) is 4.79 Å². The van der Waals surface area contributed by atoms with Gasteiger partial charge in [-0.1, -0.05) is 19.9 Å². The number of hydrogen-bond acceptors (Lipinski definition) is 3. The van der Waals surface area contributed by atoms with Crippen molar-refractivity contribution in [2.24, 2.45) is 5.92 Å². The van der Waals surface area contributed by atoms with Gasteiger partial charge >= 0.3 is 0 Å². The Kier molecular flexibility index (Phi) is 2.33. The van der Waals surface area contributed by atoms with Crippen molar-refractivity contribution in [3.05, 3.63) is 29.3 Å². The van der Waals surface area contributed by atoms with E-state index in [1.807, 2.05) is 32.0 Å². The Morgan fingerprint density at radius 2 is 2.21 bits per heavy atom. The van der Waals surface area contributed by atoms with Gasteiger partial charge in [0.15, 0.2) is 5.78 Å². The van der Waals surface area contributed by atoms with Crippen molar-refractivity contribution < 1.29 is 4.79 Å².